The van der Waals surface area contributed by atoms with Crippen LogP contribution in [0, 0.1) is 13.8 Å². The van der Waals surface area contributed by atoms with Crippen LogP contribution in [0.4, 0.5) is 5.69 Å². The van der Waals surface area contributed by atoms with Crippen LogP contribution in [0.2, 0.25) is 0 Å². The molecule has 152 valence electrons. The van der Waals surface area contributed by atoms with Crippen molar-refractivity contribution in [2.75, 3.05) is 11.1 Å². The van der Waals surface area contributed by atoms with Gasteiger partial charge in [0.25, 0.3) is 0 Å². The van der Waals surface area contributed by atoms with Crippen molar-refractivity contribution < 1.29 is 4.79 Å². The summed E-state index contributed by atoms with van der Waals surface area (Å²) in [5.41, 5.74) is 5.93. The molecule has 0 atom stereocenters. The second kappa shape index (κ2) is 8.67. The number of rotatable bonds is 6. The van der Waals surface area contributed by atoms with Crippen LogP contribution in [0.5, 0.6) is 0 Å². The van der Waals surface area contributed by atoms with Crippen LogP contribution in [-0.2, 0) is 11.2 Å². The molecule has 0 fully saturated rings. The zero-order valence-electron chi connectivity index (χ0n) is 17.2. The summed E-state index contributed by atoms with van der Waals surface area (Å²) in [7, 11) is 0. The predicted molar refractivity (Wildman–Crippen MR) is 121 cm³/mol. The molecule has 6 nitrogen and oxygen atoms in total. The third-order valence-electron chi connectivity index (χ3n) is 5.02. The largest absolute Gasteiger partial charge is 0.325 e. The predicted octanol–water partition coefficient (Wildman–Crippen LogP) is 4.73. The Hall–Kier alpha value is -3.19. The number of nitrogens with one attached hydrogen (secondary N) is 1. The van der Waals surface area contributed by atoms with E-state index in [4.69, 9.17) is 0 Å². The minimum Gasteiger partial charge on any atom is -0.325 e. The van der Waals surface area contributed by atoms with Crippen LogP contribution in [0.15, 0.2) is 60.0 Å². The maximum absolute atomic E-state index is 12.6. The zero-order valence-corrected chi connectivity index (χ0v) is 18.0. The summed E-state index contributed by atoms with van der Waals surface area (Å²) in [4.78, 5) is 21.4. The Bertz CT molecular complexity index is 1220. The Kier molecular flexibility index (Phi) is 5.81. The lowest BCUT2D eigenvalue weighted by Gasteiger charge is -2.12. The molecule has 4 rings (SSSR count). The van der Waals surface area contributed by atoms with Crippen LogP contribution in [0.3, 0.4) is 0 Å². The van der Waals surface area contributed by atoms with Gasteiger partial charge in [-0.3, -0.25) is 4.79 Å². The first-order chi connectivity index (χ1) is 14.6. The maximum Gasteiger partial charge on any atom is 0.234 e. The molecule has 0 unspecified atom stereocenters. The molecule has 0 aliphatic carbocycles. The SMILES string of the molecule is CCc1cccc(C)c1NC(=O)CSc1ncnc2c1cnn2-c1ccccc1C. The fourth-order valence-electron chi connectivity index (χ4n) is 3.43. The molecule has 2 aromatic heterocycles. The highest BCUT2D eigenvalue weighted by molar-refractivity contribution is 8.00. The summed E-state index contributed by atoms with van der Waals surface area (Å²) < 4.78 is 1.82. The normalized spacial score (nSPS) is 11.0. The van der Waals surface area contributed by atoms with Crippen molar-refractivity contribution in [1.82, 2.24) is 19.7 Å². The fraction of sp³-hybridized carbons (Fsp3) is 0.217. The van der Waals surface area contributed by atoms with E-state index in [9.17, 15) is 4.79 Å². The standard InChI is InChI=1S/C23H23N5OS/c1-4-17-10-7-9-16(3)21(17)27-20(29)13-30-23-18-12-26-28(22(18)24-14-25-23)19-11-6-5-8-15(19)2/h5-12,14H,4,13H2,1-3H3,(H,27,29). The molecule has 0 saturated heterocycles. The molecule has 0 bridgehead atoms. The van der Waals surface area contributed by atoms with Gasteiger partial charge >= 0.3 is 0 Å². The lowest BCUT2D eigenvalue weighted by molar-refractivity contribution is -0.113. The number of fused-ring (bicyclic) bond motifs is 1. The van der Waals surface area contributed by atoms with Crippen molar-refractivity contribution in [3.63, 3.8) is 0 Å². The van der Waals surface area contributed by atoms with Crippen molar-refractivity contribution in [1.29, 1.82) is 0 Å². The van der Waals surface area contributed by atoms with Crippen LogP contribution in [0.1, 0.15) is 23.6 Å². The number of carbonyl (C=O) groups excluding carboxylic acids is 1. The van der Waals surface area contributed by atoms with E-state index < -0.39 is 0 Å². The van der Waals surface area contributed by atoms with Crippen LogP contribution >= 0.6 is 11.8 Å². The number of nitrogens with zero attached hydrogens (tertiary/aromatic N) is 4. The van der Waals surface area contributed by atoms with Crippen molar-refractivity contribution in [2.45, 2.75) is 32.2 Å². The number of anilines is 1. The van der Waals surface area contributed by atoms with Gasteiger partial charge in [-0.25, -0.2) is 14.6 Å². The number of carbonyl (C=O) groups is 1. The van der Waals surface area contributed by atoms with Gasteiger partial charge in [0, 0.05) is 5.69 Å². The monoisotopic (exact) mass is 417 g/mol. The van der Waals surface area contributed by atoms with Crippen LogP contribution < -0.4 is 5.32 Å². The first kappa shape index (κ1) is 20.1. The highest BCUT2D eigenvalue weighted by atomic mass is 32.2. The Morgan fingerprint density at radius 1 is 1.07 bits per heavy atom. The summed E-state index contributed by atoms with van der Waals surface area (Å²) in [6.45, 7) is 6.14. The van der Waals surface area contributed by atoms with E-state index in [1.807, 2.05) is 61.0 Å². The molecule has 1 amide bonds. The number of benzene rings is 2. The number of aryl methyl sites for hydroxylation is 3. The topological polar surface area (TPSA) is 72.7 Å². The van der Waals surface area contributed by atoms with Crippen molar-refractivity contribution in [2.24, 2.45) is 0 Å². The van der Waals surface area contributed by atoms with Gasteiger partial charge in [-0.05, 0) is 43.0 Å². The Morgan fingerprint density at radius 2 is 1.87 bits per heavy atom. The number of hydrogen-bond donors (Lipinski definition) is 1. The Morgan fingerprint density at radius 3 is 2.67 bits per heavy atom. The Balaban J connectivity index is 1.54. The number of hydrogen-bond acceptors (Lipinski definition) is 5. The third-order valence-corrected chi connectivity index (χ3v) is 6.02. The second-order valence-electron chi connectivity index (χ2n) is 7.06. The van der Waals surface area contributed by atoms with Gasteiger partial charge < -0.3 is 5.32 Å². The fourth-order valence-corrected chi connectivity index (χ4v) is 4.19. The number of thioether (sulfide) groups is 1. The molecular weight excluding hydrogens is 394 g/mol. The van der Waals surface area contributed by atoms with Gasteiger partial charge in [-0.2, -0.15) is 5.10 Å². The van der Waals surface area contributed by atoms with Crippen molar-refractivity contribution >= 4 is 34.4 Å². The first-order valence-corrected chi connectivity index (χ1v) is 10.8. The lowest BCUT2D eigenvalue weighted by atomic mass is 10.1. The number of aromatic nitrogens is 4. The average molecular weight is 418 g/mol. The third kappa shape index (κ3) is 3.93. The molecule has 7 heteroatoms. The average Bonchev–Trinajstić information content (AvgIpc) is 3.18. The number of para-hydroxylation sites is 2. The van der Waals surface area contributed by atoms with E-state index in [0.717, 1.165) is 50.5 Å². The molecule has 0 spiro atoms. The molecule has 30 heavy (non-hydrogen) atoms. The van der Waals surface area contributed by atoms with Gasteiger partial charge in [-0.1, -0.05) is 55.1 Å². The van der Waals surface area contributed by atoms with Gasteiger partial charge in [0.2, 0.25) is 5.91 Å². The minimum absolute atomic E-state index is 0.0537. The summed E-state index contributed by atoms with van der Waals surface area (Å²) in [5, 5.41) is 9.16. The molecular formula is C23H23N5OS. The minimum atomic E-state index is -0.0537. The highest BCUT2D eigenvalue weighted by Gasteiger charge is 2.15. The Labute approximate surface area is 179 Å². The molecule has 2 heterocycles. The molecule has 1 N–H and O–H groups in total. The van der Waals surface area contributed by atoms with E-state index in [1.54, 1.807) is 6.20 Å². The molecule has 2 aromatic carbocycles. The smallest absolute Gasteiger partial charge is 0.234 e. The molecule has 0 radical (unpaired) electrons. The van der Waals surface area contributed by atoms with E-state index in [-0.39, 0.29) is 11.7 Å². The van der Waals surface area contributed by atoms with E-state index in [0.29, 0.717) is 0 Å². The summed E-state index contributed by atoms with van der Waals surface area (Å²) in [6, 6.07) is 14.1. The van der Waals surface area contributed by atoms with E-state index in [1.165, 1.54) is 18.1 Å². The highest BCUT2D eigenvalue weighted by Crippen LogP contribution is 2.27. The maximum atomic E-state index is 12.6. The first-order valence-electron chi connectivity index (χ1n) is 9.84. The number of amides is 1. The summed E-state index contributed by atoms with van der Waals surface area (Å²) in [5.74, 6) is 0.209. The summed E-state index contributed by atoms with van der Waals surface area (Å²) >= 11 is 1.39. The van der Waals surface area contributed by atoms with Gasteiger partial charge in [0.1, 0.15) is 11.4 Å². The molecule has 0 saturated carbocycles. The summed E-state index contributed by atoms with van der Waals surface area (Å²) in [6.07, 6.45) is 4.16. The van der Waals surface area contributed by atoms with Gasteiger partial charge in [0.05, 0.1) is 23.0 Å². The quantitative estimate of drug-likeness (QED) is 0.363. The van der Waals surface area contributed by atoms with Gasteiger partial charge in [0.15, 0.2) is 5.65 Å². The van der Waals surface area contributed by atoms with Gasteiger partial charge in [-0.15, -0.1) is 0 Å². The van der Waals surface area contributed by atoms with E-state index >= 15 is 0 Å². The zero-order chi connectivity index (χ0) is 21.1. The molecule has 4 aromatic rings. The van der Waals surface area contributed by atoms with Crippen LogP contribution in [-0.4, -0.2) is 31.4 Å². The molecule has 0 aliphatic heterocycles. The van der Waals surface area contributed by atoms with Crippen molar-refractivity contribution in [3.05, 3.63) is 71.7 Å². The lowest BCUT2D eigenvalue weighted by Crippen LogP contribution is -2.16. The second-order valence-corrected chi connectivity index (χ2v) is 8.02. The van der Waals surface area contributed by atoms with E-state index in [2.05, 4.69) is 27.3 Å². The van der Waals surface area contributed by atoms with Crippen molar-refractivity contribution in [3.8, 4) is 5.69 Å². The van der Waals surface area contributed by atoms with Crippen LogP contribution in [0.25, 0.3) is 16.7 Å². The molecule has 0 aliphatic rings.